The van der Waals surface area contributed by atoms with Crippen molar-refractivity contribution in [3.8, 4) is 0 Å². The van der Waals surface area contributed by atoms with Crippen LogP contribution < -0.4 is 10.2 Å². The molecule has 2 aliphatic rings. The number of amides is 1. The van der Waals surface area contributed by atoms with E-state index in [0.717, 1.165) is 25.6 Å². The highest BCUT2D eigenvalue weighted by molar-refractivity contribution is 6.33. The van der Waals surface area contributed by atoms with E-state index in [4.69, 9.17) is 16.3 Å². The maximum atomic E-state index is 14.4. The molecule has 156 valence electrons. The van der Waals surface area contributed by atoms with E-state index in [-0.39, 0.29) is 16.8 Å². The van der Waals surface area contributed by atoms with Gasteiger partial charge in [0, 0.05) is 37.8 Å². The van der Waals surface area contributed by atoms with E-state index in [2.05, 4.69) is 33.9 Å². The Hall–Kier alpha value is -1.60. The number of nitrogens with one attached hydrogen (secondary N) is 1. The van der Waals surface area contributed by atoms with Gasteiger partial charge in [-0.15, -0.1) is 0 Å². The number of halogens is 2. The molecular formula is C20H30ClFN4O2. The molecule has 0 radical (unpaired) electrons. The fourth-order valence-corrected chi connectivity index (χ4v) is 3.85. The lowest BCUT2D eigenvalue weighted by atomic mass is 10.1. The average Bonchev–Trinajstić information content (AvgIpc) is 3.41. The van der Waals surface area contributed by atoms with Gasteiger partial charge in [-0.2, -0.15) is 4.39 Å². The second-order valence-corrected chi connectivity index (χ2v) is 9.25. The minimum absolute atomic E-state index is 0.166. The molecule has 0 aromatic carbocycles. The van der Waals surface area contributed by atoms with Crippen LogP contribution in [0.1, 0.15) is 47.5 Å². The Balaban J connectivity index is 1.73. The predicted octanol–water partition coefficient (Wildman–Crippen LogP) is 4.53. The van der Waals surface area contributed by atoms with E-state index in [0.29, 0.717) is 11.9 Å². The summed E-state index contributed by atoms with van der Waals surface area (Å²) in [7, 11) is 0. The Labute approximate surface area is 171 Å². The standard InChI is InChI=1S/C20H30ClFN4O2/c1-12-11-25(13(2)14-6-7-14)8-9-26(12)16-10-15(17(21)18(22)24-16)23-19(27)28-20(3,4)5/h10,12-14H,6-9,11H2,1-5H3,(H,23,24,27)/t12-,13?/m0/s1. The third-order valence-corrected chi connectivity index (χ3v) is 5.73. The minimum Gasteiger partial charge on any atom is -0.444 e. The molecule has 6 nitrogen and oxygen atoms in total. The van der Waals surface area contributed by atoms with Gasteiger partial charge < -0.3 is 9.64 Å². The van der Waals surface area contributed by atoms with Gasteiger partial charge in [0.05, 0.1) is 5.69 Å². The van der Waals surface area contributed by atoms with Gasteiger partial charge >= 0.3 is 6.09 Å². The normalized spacial score (nSPS) is 22.1. The molecule has 1 aromatic rings. The van der Waals surface area contributed by atoms with E-state index in [9.17, 15) is 9.18 Å². The molecule has 1 unspecified atom stereocenters. The number of anilines is 2. The first kappa shape index (κ1) is 21.1. The number of pyridine rings is 1. The molecule has 8 heteroatoms. The van der Waals surface area contributed by atoms with Gasteiger partial charge in [0.2, 0.25) is 5.95 Å². The molecule has 1 aliphatic heterocycles. The van der Waals surface area contributed by atoms with Gasteiger partial charge in [0.15, 0.2) is 0 Å². The van der Waals surface area contributed by atoms with Crippen LogP contribution in [-0.4, -0.2) is 53.3 Å². The van der Waals surface area contributed by atoms with Gasteiger partial charge in [0.1, 0.15) is 16.4 Å². The van der Waals surface area contributed by atoms with E-state index in [1.807, 2.05) is 0 Å². The monoisotopic (exact) mass is 412 g/mol. The molecule has 2 heterocycles. The smallest absolute Gasteiger partial charge is 0.412 e. The first-order valence-electron chi connectivity index (χ1n) is 9.92. The summed E-state index contributed by atoms with van der Waals surface area (Å²) in [6.45, 7) is 12.2. The lowest BCUT2D eigenvalue weighted by Gasteiger charge is -2.43. The summed E-state index contributed by atoms with van der Waals surface area (Å²) in [6.07, 6.45) is 1.96. The van der Waals surface area contributed by atoms with Crippen molar-refractivity contribution in [2.45, 2.75) is 65.1 Å². The lowest BCUT2D eigenvalue weighted by molar-refractivity contribution is 0.0636. The summed E-state index contributed by atoms with van der Waals surface area (Å²) in [4.78, 5) is 20.7. The second kappa shape index (κ2) is 8.03. The molecular weight excluding hydrogens is 383 g/mol. The maximum absolute atomic E-state index is 14.4. The first-order chi connectivity index (χ1) is 13.0. The topological polar surface area (TPSA) is 57.7 Å². The van der Waals surface area contributed by atoms with Crippen molar-refractivity contribution in [2.24, 2.45) is 5.92 Å². The molecule has 1 aliphatic carbocycles. The molecule has 0 spiro atoms. The second-order valence-electron chi connectivity index (χ2n) is 8.88. The van der Waals surface area contributed by atoms with E-state index < -0.39 is 17.6 Å². The summed E-state index contributed by atoms with van der Waals surface area (Å²) in [6, 6.07) is 2.38. The summed E-state index contributed by atoms with van der Waals surface area (Å²) in [5.74, 6) is 0.486. The van der Waals surface area contributed by atoms with Crippen LogP contribution in [0.5, 0.6) is 0 Å². The fourth-order valence-electron chi connectivity index (χ4n) is 3.71. The molecule has 0 bridgehead atoms. The Bertz CT molecular complexity index is 736. The maximum Gasteiger partial charge on any atom is 0.412 e. The summed E-state index contributed by atoms with van der Waals surface area (Å²) in [5.41, 5.74) is -0.493. The molecule has 1 aromatic heterocycles. The van der Waals surface area contributed by atoms with Crippen LogP contribution in [-0.2, 0) is 4.74 Å². The zero-order valence-electron chi connectivity index (χ0n) is 17.3. The Kier molecular flexibility index (Phi) is 6.05. The molecule has 3 rings (SSSR count). The zero-order valence-corrected chi connectivity index (χ0v) is 18.0. The minimum atomic E-state index is -0.800. The van der Waals surface area contributed by atoms with Crippen molar-refractivity contribution < 1.29 is 13.9 Å². The van der Waals surface area contributed by atoms with Crippen molar-refractivity contribution in [3.05, 3.63) is 17.0 Å². The van der Waals surface area contributed by atoms with Gasteiger partial charge in [-0.05, 0) is 53.4 Å². The highest BCUT2D eigenvalue weighted by Crippen LogP contribution is 2.36. The van der Waals surface area contributed by atoms with Gasteiger partial charge in [-0.3, -0.25) is 10.2 Å². The third-order valence-electron chi connectivity index (χ3n) is 5.37. The van der Waals surface area contributed by atoms with Crippen LogP contribution in [0.3, 0.4) is 0 Å². The zero-order chi connectivity index (χ0) is 20.6. The van der Waals surface area contributed by atoms with Crippen LogP contribution in [0.4, 0.5) is 20.7 Å². The SMILES string of the molecule is CC(C1CC1)N1CCN(c2cc(NC(=O)OC(C)(C)C)c(Cl)c(F)n2)[C@@H](C)C1. The van der Waals surface area contributed by atoms with Gasteiger partial charge in [-0.1, -0.05) is 11.6 Å². The van der Waals surface area contributed by atoms with E-state index in [1.165, 1.54) is 12.8 Å². The number of piperazine rings is 1. The molecule has 2 fully saturated rings. The molecule has 28 heavy (non-hydrogen) atoms. The lowest BCUT2D eigenvalue weighted by Crippen LogP contribution is -2.55. The molecule has 1 N–H and O–H groups in total. The average molecular weight is 413 g/mol. The number of rotatable bonds is 4. The Morgan fingerprint density at radius 3 is 2.64 bits per heavy atom. The third kappa shape index (κ3) is 5.06. The Morgan fingerprint density at radius 1 is 1.39 bits per heavy atom. The van der Waals surface area contributed by atoms with E-state index in [1.54, 1.807) is 26.8 Å². The van der Waals surface area contributed by atoms with Crippen molar-refractivity contribution in [3.63, 3.8) is 0 Å². The molecule has 1 saturated carbocycles. The predicted molar refractivity (Wildman–Crippen MR) is 110 cm³/mol. The van der Waals surface area contributed by atoms with Crippen LogP contribution in [0.2, 0.25) is 5.02 Å². The highest BCUT2D eigenvalue weighted by Gasteiger charge is 2.35. The van der Waals surface area contributed by atoms with Crippen molar-refractivity contribution in [2.75, 3.05) is 29.9 Å². The van der Waals surface area contributed by atoms with Crippen molar-refractivity contribution >= 4 is 29.2 Å². The summed E-state index contributed by atoms with van der Waals surface area (Å²) in [5, 5.41) is 2.32. The molecule has 1 saturated heterocycles. The number of nitrogens with zero attached hydrogens (tertiary/aromatic N) is 3. The van der Waals surface area contributed by atoms with Crippen molar-refractivity contribution in [1.82, 2.24) is 9.88 Å². The largest absolute Gasteiger partial charge is 0.444 e. The quantitative estimate of drug-likeness (QED) is 0.736. The Morgan fingerprint density at radius 2 is 2.07 bits per heavy atom. The van der Waals surface area contributed by atoms with Crippen LogP contribution in [0.25, 0.3) is 0 Å². The van der Waals surface area contributed by atoms with Gasteiger partial charge in [0.25, 0.3) is 0 Å². The van der Waals surface area contributed by atoms with Gasteiger partial charge in [-0.25, -0.2) is 9.78 Å². The number of carbonyl (C=O) groups excluding carboxylic acids is 1. The highest BCUT2D eigenvalue weighted by atomic mass is 35.5. The number of ether oxygens (including phenoxy) is 1. The molecule has 2 atom stereocenters. The summed E-state index contributed by atoms with van der Waals surface area (Å²) < 4.78 is 19.6. The first-order valence-corrected chi connectivity index (χ1v) is 10.3. The number of hydrogen-bond acceptors (Lipinski definition) is 5. The van der Waals surface area contributed by atoms with Crippen LogP contribution in [0, 0.1) is 11.9 Å². The van der Waals surface area contributed by atoms with Crippen molar-refractivity contribution in [1.29, 1.82) is 0 Å². The number of hydrogen-bond donors (Lipinski definition) is 1. The summed E-state index contributed by atoms with van der Waals surface area (Å²) >= 11 is 6.03. The fraction of sp³-hybridized carbons (Fsp3) is 0.700. The number of aromatic nitrogens is 1. The van der Waals surface area contributed by atoms with E-state index >= 15 is 0 Å². The number of carbonyl (C=O) groups is 1. The van der Waals surface area contributed by atoms with Crippen LogP contribution >= 0.6 is 11.6 Å². The molecule has 1 amide bonds. The van der Waals surface area contributed by atoms with Crippen LogP contribution in [0.15, 0.2) is 6.07 Å².